The maximum atomic E-state index is 12.7. The maximum absolute atomic E-state index is 12.7. The summed E-state index contributed by atoms with van der Waals surface area (Å²) in [5.74, 6) is -1.94. The third-order valence-electron chi connectivity index (χ3n) is 3.80. The number of carbonyl (C=O) groups excluding carboxylic acids is 1. The van der Waals surface area contributed by atoms with Crippen LogP contribution in [-0.2, 0) is 0 Å². The molecule has 116 valence electrons. The highest BCUT2D eigenvalue weighted by Gasteiger charge is 2.46. The molecule has 2 N–H and O–H groups in total. The van der Waals surface area contributed by atoms with E-state index in [9.17, 15) is 23.1 Å². The van der Waals surface area contributed by atoms with Crippen LogP contribution >= 0.6 is 0 Å². The fourth-order valence-electron chi connectivity index (χ4n) is 2.63. The van der Waals surface area contributed by atoms with E-state index < -0.39 is 23.6 Å². The molecule has 1 aliphatic rings. The summed E-state index contributed by atoms with van der Waals surface area (Å²) < 4.78 is 38.2. The Bertz CT molecular complexity index is 493. The van der Waals surface area contributed by atoms with Gasteiger partial charge in [-0.15, -0.1) is 0 Å². The van der Waals surface area contributed by atoms with E-state index in [1.165, 1.54) is 24.5 Å². The fourth-order valence-corrected chi connectivity index (χ4v) is 2.63. The van der Waals surface area contributed by atoms with Gasteiger partial charge >= 0.3 is 6.18 Å². The van der Waals surface area contributed by atoms with Gasteiger partial charge in [-0.3, -0.25) is 9.78 Å². The second kappa shape index (κ2) is 6.01. The van der Waals surface area contributed by atoms with Gasteiger partial charge in [0.2, 0.25) is 0 Å². The van der Waals surface area contributed by atoms with Gasteiger partial charge in [-0.1, -0.05) is 0 Å². The summed E-state index contributed by atoms with van der Waals surface area (Å²) in [6.45, 7) is -0.180. The van der Waals surface area contributed by atoms with Gasteiger partial charge in [0.1, 0.15) is 0 Å². The number of pyridine rings is 1. The van der Waals surface area contributed by atoms with Crippen LogP contribution in [0.4, 0.5) is 13.2 Å². The first-order chi connectivity index (χ1) is 9.80. The molecule has 4 nitrogen and oxygen atoms in total. The van der Waals surface area contributed by atoms with E-state index in [4.69, 9.17) is 0 Å². The summed E-state index contributed by atoms with van der Waals surface area (Å²) in [6, 6.07) is 3.00. The van der Waals surface area contributed by atoms with Crippen LogP contribution in [0.15, 0.2) is 24.5 Å². The number of aromatic nitrogens is 1. The van der Waals surface area contributed by atoms with Crippen molar-refractivity contribution in [2.45, 2.75) is 37.5 Å². The topological polar surface area (TPSA) is 62.2 Å². The van der Waals surface area contributed by atoms with E-state index >= 15 is 0 Å². The second-order valence-corrected chi connectivity index (χ2v) is 5.48. The highest BCUT2D eigenvalue weighted by molar-refractivity contribution is 5.93. The lowest BCUT2D eigenvalue weighted by atomic mass is 9.77. The van der Waals surface area contributed by atoms with E-state index in [-0.39, 0.29) is 25.8 Å². The molecule has 0 aliphatic heterocycles. The number of rotatable bonds is 3. The number of halogens is 3. The molecule has 7 heteroatoms. The Morgan fingerprint density at radius 1 is 1.43 bits per heavy atom. The summed E-state index contributed by atoms with van der Waals surface area (Å²) in [4.78, 5) is 15.6. The van der Waals surface area contributed by atoms with Crippen molar-refractivity contribution in [1.29, 1.82) is 0 Å². The minimum absolute atomic E-state index is 0.0319. The van der Waals surface area contributed by atoms with E-state index in [1.807, 2.05) is 0 Å². The molecule has 21 heavy (non-hydrogen) atoms. The monoisotopic (exact) mass is 302 g/mol. The van der Waals surface area contributed by atoms with Crippen LogP contribution in [0.5, 0.6) is 0 Å². The zero-order valence-electron chi connectivity index (χ0n) is 11.4. The fraction of sp³-hybridized carbons (Fsp3) is 0.571. The molecular weight excluding hydrogens is 285 g/mol. The van der Waals surface area contributed by atoms with Gasteiger partial charge in [0, 0.05) is 24.5 Å². The molecule has 2 unspecified atom stereocenters. The van der Waals surface area contributed by atoms with Crippen LogP contribution in [-0.4, -0.2) is 34.3 Å². The van der Waals surface area contributed by atoms with Crippen molar-refractivity contribution in [3.63, 3.8) is 0 Å². The lowest BCUT2D eigenvalue weighted by molar-refractivity contribution is -0.199. The van der Waals surface area contributed by atoms with Crippen molar-refractivity contribution in [2.24, 2.45) is 5.92 Å². The number of hydrogen-bond acceptors (Lipinski definition) is 3. The number of nitrogens with one attached hydrogen (secondary N) is 1. The largest absolute Gasteiger partial charge is 0.391 e. The maximum Gasteiger partial charge on any atom is 0.391 e. The van der Waals surface area contributed by atoms with Gasteiger partial charge in [-0.2, -0.15) is 13.2 Å². The molecular formula is C14H17F3N2O2. The Hall–Kier alpha value is -1.63. The van der Waals surface area contributed by atoms with E-state index in [0.29, 0.717) is 12.0 Å². The van der Waals surface area contributed by atoms with Crippen LogP contribution in [0, 0.1) is 5.92 Å². The molecule has 0 radical (unpaired) electrons. The highest BCUT2D eigenvalue weighted by Crippen LogP contribution is 2.41. The molecule has 2 rings (SSSR count). The first kappa shape index (κ1) is 15.8. The Balaban J connectivity index is 1.94. The average Bonchev–Trinajstić information content (AvgIpc) is 2.45. The summed E-state index contributed by atoms with van der Waals surface area (Å²) in [6.07, 6.45) is -1.18. The molecule has 0 bridgehead atoms. The number of nitrogens with zero attached hydrogens (tertiary/aromatic N) is 1. The Morgan fingerprint density at radius 2 is 2.10 bits per heavy atom. The zero-order chi connectivity index (χ0) is 15.5. The van der Waals surface area contributed by atoms with Crippen molar-refractivity contribution in [2.75, 3.05) is 6.54 Å². The predicted molar refractivity (Wildman–Crippen MR) is 69.5 cm³/mol. The standard InChI is InChI=1S/C14H17F3N2O2/c15-14(16,17)11-2-1-5-13(21,8-11)9-19-12(20)10-3-6-18-7-4-10/h3-4,6-7,11,21H,1-2,5,8-9H2,(H,19,20). The molecule has 1 saturated carbocycles. The molecule has 1 aromatic rings. The third kappa shape index (κ3) is 4.17. The summed E-state index contributed by atoms with van der Waals surface area (Å²) in [7, 11) is 0. The molecule has 1 amide bonds. The highest BCUT2D eigenvalue weighted by atomic mass is 19.4. The van der Waals surface area contributed by atoms with Gasteiger partial charge in [0.05, 0.1) is 11.5 Å². The van der Waals surface area contributed by atoms with Crippen molar-refractivity contribution in [3.05, 3.63) is 30.1 Å². The molecule has 0 spiro atoms. The van der Waals surface area contributed by atoms with Gasteiger partial charge < -0.3 is 10.4 Å². The summed E-state index contributed by atoms with van der Waals surface area (Å²) in [5, 5.41) is 12.8. The van der Waals surface area contributed by atoms with Gasteiger partial charge in [0.15, 0.2) is 0 Å². The molecule has 0 aromatic carbocycles. The quantitative estimate of drug-likeness (QED) is 0.900. The second-order valence-electron chi connectivity index (χ2n) is 5.48. The zero-order valence-corrected chi connectivity index (χ0v) is 11.4. The van der Waals surface area contributed by atoms with Crippen molar-refractivity contribution >= 4 is 5.91 Å². The van der Waals surface area contributed by atoms with Gasteiger partial charge in [0.25, 0.3) is 5.91 Å². The Kier molecular flexibility index (Phi) is 4.51. The Morgan fingerprint density at radius 3 is 2.71 bits per heavy atom. The minimum Gasteiger partial charge on any atom is -0.388 e. The van der Waals surface area contributed by atoms with Crippen molar-refractivity contribution in [1.82, 2.24) is 10.3 Å². The smallest absolute Gasteiger partial charge is 0.388 e. The molecule has 1 heterocycles. The van der Waals surface area contributed by atoms with Crippen molar-refractivity contribution < 1.29 is 23.1 Å². The molecule has 1 fully saturated rings. The van der Waals surface area contributed by atoms with Crippen LogP contribution in [0.2, 0.25) is 0 Å². The average molecular weight is 302 g/mol. The lowest BCUT2D eigenvalue weighted by Gasteiger charge is -2.37. The van der Waals surface area contributed by atoms with Crippen LogP contribution in [0.1, 0.15) is 36.0 Å². The van der Waals surface area contributed by atoms with E-state index in [0.717, 1.165) is 0 Å². The molecule has 2 atom stereocenters. The minimum atomic E-state index is -4.30. The normalized spacial score (nSPS) is 26.4. The number of hydrogen-bond donors (Lipinski definition) is 2. The third-order valence-corrected chi connectivity index (χ3v) is 3.80. The molecule has 1 aliphatic carbocycles. The summed E-state index contributed by atoms with van der Waals surface area (Å²) in [5.41, 5.74) is -1.14. The lowest BCUT2D eigenvalue weighted by Crippen LogP contribution is -2.48. The van der Waals surface area contributed by atoms with Crippen LogP contribution in [0.25, 0.3) is 0 Å². The predicted octanol–water partition coefficient (Wildman–Crippen LogP) is 2.29. The number of carbonyl (C=O) groups is 1. The number of aliphatic hydroxyl groups is 1. The van der Waals surface area contributed by atoms with Gasteiger partial charge in [-0.05, 0) is 37.8 Å². The Labute approximate surface area is 120 Å². The summed E-state index contributed by atoms with van der Waals surface area (Å²) >= 11 is 0. The van der Waals surface area contributed by atoms with Crippen molar-refractivity contribution in [3.8, 4) is 0 Å². The van der Waals surface area contributed by atoms with E-state index in [2.05, 4.69) is 10.3 Å². The first-order valence-corrected chi connectivity index (χ1v) is 6.77. The van der Waals surface area contributed by atoms with Crippen LogP contribution < -0.4 is 5.32 Å². The van der Waals surface area contributed by atoms with E-state index in [1.54, 1.807) is 0 Å². The molecule has 0 saturated heterocycles. The SMILES string of the molecule is O=C(NCC1(O)CCCC(C(F)(F)F)C1)c1ccncc1. The van der Waals surface area contributed by atoms with Gasteiger partial charge in [-0.25, -0.2) is 0 Å². The number of amides is 1. The number of alkyl halides is 3. The van der Waals surface area contributed by atoms with Crippen LogP contribution in [0.3, 0.4) is 0 Å². The molecule has 1 aromatic heterocycles. The first-order valence-electron chi connectivity index (χ1n) is 6.77.